The molecule has 3 aromatic rings. The zero-order valence-corrected chi connectivity index (χ0v) is 20.9. The van der Waals surface area contributed by atoms with Crippen LogP contribution in [-0.4, -0.2) is 43.2 Å². The molecule has 10 heteroatoms. The second-order valence-corrected chi connectivity index (χ2v) is 9.77. The molecule has 5 N–H and O–H groups in total. The Morgan fingerprint density at radius 2 is 1.68 bits per heavy atom. The summed E-state index contributed by atoms with van der Waals surface area (Å²) < 4.78 is 31.0. The number of nitrogens with two attached hydrogens (primary N) is 1. The minimum absolute atomic E-state index is 0.230. The van der Waals surface area contributed by atoms with Crippen molar-refractivity contribution in [3.63, 3.8) is 0 Å². The van der Waals surface area contributed by atoms with Gasteiger partial charge in [-0.1, -0.05) is 24.6 Å². The molecule has 2 aromatic carbocycles. The number of amides is 2. The van der Waals surface area contributed by atoms with Gasteiger partial charge in [0, 0.05) is 36.7 Å². The Labute approximate surface area is 200 Å². The molecule has 0 aliphatic carbocycles. The van der Waals surface area contributed by atoms with Crippen molar-refractivity contribution in [3.05, 3.63) is 64.8 Å². The fourth-order valence-corrected chi connectivity index (χ4v) is 5.61. The van der Waals surface area contributed by atoms with Crippen LogP contribution in [0.5, 0.6) is 0 Å². The van der Waals surface area contributed by atoms with Gasteiger partial charge in [0.2, 0.25) is 10.0 Å². The molecule has 34 heavy (non-hydrogen) atoms. The van der Waals surface area contributed by atoms with Crippen molar-refractivity contribution < 1.29 is 23.1 Å². The molecule has 1 heterocycles. The monoisotopic (exact) mass is 488 g/mol. The van der Waals surface area contributed by atoms with Crippen molar-refractivity contribution in [1.29, 1.82) is 0 Å². The highest BCUT2D eigenvalue weighted by molar-refractivity contribution is 7.89. The number of hydrogen-bond donors (Lipinski definition) is 4. The summed E-state index contributed by atoms with van der Waals surface area (Å²) in [5.41, 5.74) is 8.14. The van der Waals surface area contributed by atoms with E-state index in [9.17, 15) is 18.0 Å². The molecular formula is C24H32N4O5S. The molecule has 184 valence electrons. The summed E-state index contributed by atoms with van der Waals surface area (Å²) in [6.45, 7) is 7.97. The lowest BCUT2D eigenvalue weighted by atomic mass is 10.1. The first-order chi connectivity index (χ1) is 15.9. The lowest BCUT2D eigenvalue weighted by Crippen LogP contribution is -2.38. The Hall–Kier alpha value is -3.37. The number of carbonyl (C=O) groups is 2. The summed E-state index contributed by atoms with van der Waals surface area (Å²) in [4.78, 5) is 21.0. The van der Waals surface area contributed by atoms with Crippen LogP contribution in [0.3, 0.4) is 0 Å². The second-order valence-electron chi connectivity index (χ2n) is 8.12. The summed E-state index contributed by atoms with van der Waals surface area (Å²) in [7, 11) is -2.19. The van der Waals surface area contributed by atoms with E-state index >= 15 is 0 Å². The number of rotatable bonds is 7. The number of aromatic carboxylic acids is 1. The van der Waals surface area contributed by atoms with E-state index in [-0.39, 0.29) is 11.6 Å². The molecule has 0 aliphatic rings. The highest BCUT2D eigenvalue weighted by atomic mass is 32.2. The number of carbonyl (C=O) groups excluding carboxylic acids is 1. The number of urea groups is 1. The van der Waals surface area contributed by atoms with Gasteiger partial charge in [-0.2, -0.15) is 0 Å². The lowest BCUT2D eigenvalue weighted by molar-refractivity contribution is 0.0697. The standard InChI is InChI=1S/C22H26N2O4S.C2H6N2O/c1-5-19(23-29(27,28)21-15(3)10-14(2)11-16(21)4)13-24-9-8-17-12-18(22(25)26)6-7-20(17)24;1-4-2(3)5/h6-12,19,23H,5,13H2,1-4H3,(H,25,26);1H3,(H3,3,4,5)/t19-;/m0./s1. The smallest absolute Gasteiger partial charge is 0.335 e. The van der Waals surface area contributed by atoms with Gasteiger partial charge in [0.1, 0.15) is 0 Å². The third kappa shape index (κ3) is 6.58. The maximum Gasteiger partial charge on any atom is 0.335 e. The summed E-state index contributed by atoms with van der Waals surface area (Å²) in [5.74, 6) is -0.970. The van der Waals surface area contributed by atoms with Crippen LogP contribution >= 0.6 is 0 Å². The lowest BCUT2D eigenvalue weighted by Gasteiger charge is -2.20. The zero-order chi connectivity index (χ0) is 25.6. The third-order valence-corrected chi connectivity index (χ3v) is 7.19. The van der Waals surface area contributed by atoms with E-state index in [1.165, 1.54) is 7.05 Å². The molecule has 0 fully saturated rings. The molecule has 1 aromatic heterocycles. The summed E-state index contributed by atoms with van der Waals surface area (Å²) in [6, 6.07) is 9.75. The average molecular weight is 489 g/mol. The van der Waals surface area contributed by atoms with E-state index < -0.39 is 22.0 Å². The van der Waals surface area contributed by atoms with E-state index in [1.807, 2.05) is 56.7 Å². The van der Waals surface area contributed by atoms with Gasteiger partial charge < -0.3 is 20.7 Å². The van der Waals surface area contributed by atoms with Gasteiger partial charge in [-0.05, 0) is 62.6 Å². The number of benzene rings is 2. The van der Waals surface area contributed by atoms with Crippen LogP contribution < -0.4 is 15.8 Å². The Bertz CT molecular complexity index is 1270. The van der Waals surface area contributed by atoms with E-state index in [4.69, 9.17) is 5.11 Å². The van der Waals surface area contributed by atoms with Gasteiger partial charge >= 0.3 is 12.0 Å². The number of carboxylic acids is 1. The van der Waals surface area contributed by atoms with Crippen molar-refractivity contribution >= 4 is 32.9 Å². The molecule has 0 bridgehead atoms. The van der Waals surface area contributed by atoms with Crippen molar-refractivity contribution in [3.8, 4) is 0 Å². The molecule has 3 rings (SSSR count). The molecule has 0 saturated carbocycles. The molecule has 9 nitrogen and oxygen atoms in total. The van der Waals surface area contributed by atoms with Crippen molar-refractivity contribution in [2.24, 2.45) is 5.73 Å². The van der Waals surface area contributed by atoms with Gasteiger partial charge in [-0.3, -0.25) is 0 Å². The third-order valence-electron chi connectivity index (χ3n) is 5.37. The predicted molar refractivity (Wildman–Crippen MR) is 133 cm³/mol. The van der Waals surface area contributed by atoms with Crippen LogP contribution in [0.15, 0.2) is 47.5 Å². The molecule has 0 aliphatic heterocycles. The maximum absolute atomic E-state index is 13.1. The Morgan fingerprint density at radius 1 is 1.09 bits per heavy atom. The van der Waals surface area contributed by atoms with Crippen LogP contribution in [0.4, 0.5) is 4.79 Å². The number of carboxylic acid groups (broad SMARTS) is 1. The first-order valence-corrected chi connectivity index (χ1v) is 12.3. The maximum atomic E-state index is 13.1. The minimum Gasteiger partial charge on any atom is -0.478 e. The topological polar surface area (TPSA) is 144 Å². The molecule has 0 saturated heterocycles. The number of aryl methyl sites for hydroxylation is 3. The first kappa shape index (κ1) is 26.9. The largest absolute Gasteiger partial charge is 0.478 e. The van der Waals surface area contributed by atoms with Gasteiger partial charge in [0.25, 0.3) is 0 Å². The number of hydrogen-bond acceptors (Lipinski definition) is 4. The zero-order valence-electron chi connectivity index (χ0n) is 20.0. The van der Waals surface area contributed by atoms with Crippen LogP contribution in [0.2, 0.25) is 0 Å². The normalized spacial score (nSPS) is 12.0. The first-order valence-electron chi connectivity index (χ1n) is 10.8. The van der Waals surface area contributed by atoms with E-state index in [1.54, 1.807) is 18.2 Å². The quantitative estimate of drug-likeness (QED) is 0.403. The van der Waals surface area contributed by atoms with Crippen LogP contribution in [0, 0.1) is 20.8 Å². The second kappa shape index (κ2) is 11.2. The summed E-state index contributed by atoms with van der Waals surface area (Å²) in [6.07, 6.45) is 2.48. The molecule has 0 spiro atoms. The molecule has 1 atom stereocenters. The number of nitrogens with zero attached hydrogens (tertiary/aromatic N) is 1. The van der Waals surface area contributed by atoms with Crippen LogP contribution in [0.1, 0.15) is 40.4 Å². The van der Waals surface area contributed by atoms with E-state index in [2.05, 4.69) is 15.8 Å². The average Bonchev–Trinajstić information content (AvgIpc) is 3.14. The molecule has 0 radical (unpaired) electrons. The van der Waals surface area contributed by atoms with Crippen LogP contribution in [-0.2, 0) is 16.6 Å². The Morgan fingerprint density at radius 3 is 2.18 bits per heavy atom. The number of primary amides is 1. The summed E-state index contributed by atoms with van der Waals surface area (Å²) >= 11 is 0. The van der Waals surface area contributed by atoms with E-state index in [0.717, 1.165) is 27.6 Å². The van der Waals surface area contributed by atoms with Gasteiger partial charge in [0.05, 0.1) is 10.5 Å². The fraction of sp³-hybridized carbons (Fsp3) is 0.333. The van der Waals surface area contributed by atoms with Crippen molar-refractivity contribution in [1.82, 2.24) is 14.6 Å². The van der Waals surface area contributed by atoms with Crippen molar-refractivity contribution in [2.45, 2.75) is 51.6 Å². The van der Waals surface area contributed by atoms with E-state index in [0.29, 0.717) is 17.9 Å². The van der Waals surface area contributed by atoms with Crippen LogP contribution in [0.25, 0.3) is 10.9 Å². The predicted octanol–water partition coefficient (Wildman–Crippen LogP) is 3.31. The number of sulfonamides is 1. The fourth-order valence-electron chi connectivity index (χ4n) is 3.85. The van der Waals surface area contributed by atoms with Gasteiger partial charge in [0.15, 0.2) is 0 Å². The number of nitrogens with one attached hydrogen (secondary N) is 2. The number of aromatic nitrogens is 1. The molecule has 0 unspecified atom stereocenters. The minimum atomic E-state index is -3.67. The van der Waals surface area contributed by atoms with Gasteiger partial charge in [-0.15, -0.1) is 0 Å². The molecule has 2 amide bonds. The number of fused-ring (bicyclic) bond motifs is 1. The Kier molecular flexibility index (Phi) is 8.83. The SMILES string of the molecule is CC[C@@H](Cn1ccc2cc(C(=O)O)ccc21)NS(=O)(=O)c1c(C)cc(C)cc1C.CNC(N)=O. The van der Waals surface area contributed by atoms with Gasteiger partial charge in [-0.25, -0.2) is 22.7 Å². The Balaban J connectivity index is 0.000000739. The summed E-state index contributed by atoms with van der Waals surface area (Å²) in [5, 5.41) is 12.1. The highest BCUT2D eigenvalue weighted by Crippen LogP contribution is 2.23. The molecular weight excluding hydrogens is 456 g/mol. The highest BCUT2D eigenvalue weighted by Gasteiger charge is 2.23. The van der Waals surface area contributed by atoms with Crippen molar-refractivity contribution in [2.75, 3.05) is 7.05 Å².